The van der Waals surface area contributed by atoms with Gasteiger partial charge in [-0.1, -0.05) is 12.2 Å². The van der Waals surface area contributed by atoms with Crippen molar-refractivity contribution in [1.29, 1.82) is 0 Å². The standard InChI is InChI=1S/C23H37N3O6S/c1-22(9-10-22)33(31,32)25-21(30)23(14-17(23)8-6-4-5-7-11-26(2)3)24-20(29)19-13-18(28)12-16(19)15-27/h6,8,15-19,28H,4-5,7,9-14H2,1-3H3,(H,24,29)(H,25,30)/b8-6-/t16-,17+,18-,19+,23+/m0/s1. The molecule has 33 heavy (non-hydrogen) atoms. The highest BCUT2D eigenvalue weighted by atomic mass is 32.2. The molecule has 2 amide bonds. The summed E-state index contributed by atoms with van der Waals surface area (Å²) in [5.74, 6) is -2.88. The molecule has 3 saturated carbocycles. The van der Waals surface area contributed by atoms with Gasteiger partial charge in [0, 0.05) is 17.8 Å². The molecule has 186 valence electrons. The summed E-state index contributed by atoms with van der Waals surface area (Å²) in [7, 11) is 0.188. The Labute approximate surface area is 196 Å². The largest absolute Gasteiger partial charge is 0.393 e. The zero-order chi connectivity index (χ0) is 24.4. The second kappa shape index (κ2) is 9.84. The normalized spacial score (nSPS) is 32.6. The molecule has 0 heterocycles. The molecular weight excluding hydrogens is 446 g/mol. The van der Waals surface area contributed by atoms with Crippen LogP contribution in [0.25, 0.3) is 0 Å². The average molecular weight is 484 g/mol. The number of nitrogens with zero attached hydrogens (tertiary/aromatic N) is 1. The van der Waals surface area contributed by atoms with Crippen molar-refractivity contribution in [2.24, 2.45) is 17.8 Å². The van der Waals surface area contributed by atoms with Gasteiger partial charge in [0.1, 0.15) is 11.8 Å². The van der Waals surface area contributed by atoms with E-state index in [1.807, 2.05) is 26.2 Å². The maximum Gasteiger partial charge on any atom is 0.259 e. The van der Waals surface area contributed by atoms with Crippen LogP contribution in [-0.4, -0.2) is 73.6 Å². The number of rotatable bonds is 12. The van der Waals surface area contributed by atoms with Crippen LogP contribution >= 0.6 is 0 Å². The molecule has 10 heteroatoms. The van der Waals surface area contributed by atoms with Crippen molar-refractivity contribution in [3.63, 3.8) is 0 Å². The van der Waals surface area contributed by atoms with Crippen molar-refractivity contribution in [2.45, 2.75) is 74.7 Å². The molecule has 3 aliphatic rings. The minimum atomic E-state index is -3.85. The van der Waals surface area contributed by atoms with E-state index in [0.717, 1.165) is 25.8 Å². The van der Waals surface area contributed by atoms with Crippen LogP contribution in [0, 0.1) is 17.8 Å². The van der Waals surface area contributed by atoms with Crippen molar-refractivity contribution < 1.29 is 27.9 Å². The quantitative estimate of drug-likeness (QED) is 0.212. The summed E-state index contributed by atoms with van der Waals surface area (Å²) in [6, 6.07) is 0. The van der Waals surface area contributed by atoms with E-state index in [9.17, 15) is 27.9 Å². The van der Waals surface area contributed by atoms with E-state index in [4.69, 9.17) is 0 Å². The molecule has 0 aromatic rings. The van der Waals surface area contributed by atoms with Crippen LogP contribution in [-0.2, 0) is 24.4 Å². The molecule has 0 radical (unpaired) electrons. The van der Waals surface area contributed by atoms with E-state index >= 15 is 0 Å². The summed E-state index contributed by atoms with van der Waals surface area (Å²) in [4.78, 5) is 39.6. The van der Waals surface area contributed by atoms with Gasteiger partial charge in [0.15, 0.2) is 0 Å². The third-order valence-electron chi connectivity index (χ3n) is 7.29. The Morgan fingerprint density at radius 3 is 2.48 bits per heavy atom. The maximum atomic E-state index is 13.1. The summed E-state index contributed by atoms with van der Waals surface area (Å²) in [5.41, 5.74) is -1.35. The fraction of sp³-hybridized carbons (Fsp3) is 0.783. The zero-order valence-corrected chi connectivity index (χ0v) is 20.6. The van der Waals surface area contributed by atoms with Crippen LogP contribution in [0.3, 0.4) is 0 Å². The molecule has 3 fully saturated rings. The first-order valence-corrected chi connectivity index (χ1v) is 13.3. The fourth-order valence-corrected chi connectivity index (χ4v) is 5.83. The predicted octanol–water partition coefficient (Wildman–Crippen LogP) is 0.734. The number of allylic oxidation sites excluding steroid dienone is 1. The zero-order valence-electron chi connectivity index (χ0n) is 19.7. The van der Waals surface area contributed by atoms with Gasteiger partial charge < -0.3 is 20.1 Å². The molecule has 0 aliphatic heterocycles. The van der Waals surface area contributed by atoms with Crippen LogP contribution in [0.1, 0.15) is 58.3 Å². The Kier molecular flexibility index (Phi) is 7.70. The molecule has 0 aromatic heterocycles. The molecule has 3 aliphatic carbocycles. The van der Waals surface area contributed by atoms with Crippen molar-refractivity contribution >= 4 is 28.1 Å². The van der Waals surface area contributed by atoms with Crippen LogP contribution in [0.2, 0.25) is 0 Å². The van der Waals surface area contributed by atoms with E-state index in [1.54, 1.807) is 6.92 Å². The van der Waals surface area contributed by atoms with Gasteiger partial charge in [-0.15, -0.1) is 0 Å². The Morgan fingerprint density at radius 2 is 1.88 bits per heavy atom. The van der Waals surface area contributed by atoms with Gasteiger partial charge in [0.25, 0.3) is 5.91 Å². The Hall–Kier alpha value is -1.78. The lowest BCUT2D eigenvalue weighted by Gasteiger charge is -2.23. The molecule has 0 aromatic carbocycles. The molecule has 3 N–H and O–H groups in total. The highest BCUT2D eigenvalue weighted by Crippen LogP contribution is 2.47. The molecular formula is C23H37N3O6S. The average Bonchev–Trinajstić information content (AvgIpc) is 3.61. The number of hydrogen-bond donors (Lipinski definition) is 3. The monoisotopic (exact) mass is 483 g/mol. The van der Waals surface area contributed by atoms with Gasteiger partial charge in [-0.3, -0.25) is 14.3 Å². The number of nitrogens with one attached hydrogen (secondary N) is 2. The van der Waals surface area contributed by atoms with Crippen LogP contribution in [0.4, 0.5) is 0 Å². The van der Waals surface area contributed by atoms with Gasteiger partial charge in [-0.2, -0.15) is 0 Å². The Morgan fingerprint density at radius 1 is 1.18 bits per heavy atom. The molecule has 3 rings (SSSR count). The van der Waals surface area contributed by atoms with Gasteiger partial charge in [0.2, 0.25) is 15.9 Å². The Bertz CT molecular complexity index is 898. The smallest absolute Gasteiger partial charge is 0.259 e. The number of carbonyl (C=O) groups is 3. The second-order valence-corrected chi connectivity index (χ2v) is 12.6. The molecule has 5 atom stereocenters. The molecule has 0 spiro atoms. The minimum Gasteiger partial charge on any atom is -0.393 e. The number of sulfonamides is 1. The fourth-order valence-electron chi connectivity index (χ4n) is 4.52. The molecule has 0 unspecified atom stereocenters. The van der Waals surface area contributed by atoms with Crippen LogP contribution < -0.4 is 10.0 Å². The number of aliphatic hydroxyl groups excluding tert-OH is 1. The summed E-state index contributed by atoms with van der Waals surface area (Å²) in [6.07, 6.45) is 8.28. The second-order valence-electron chi connectivity index (χ2n) is 10.4. The number of unbranched alkanes of at least 4 members (excludes halogenated alkanes) is 2. The summed E-state index contributed by atoms with van der Waals surface area (Å²) in [6.45, 7) is 2.59. The third kappa shape index (κ3) is 5.84. The number of aliphatic hydroxyl groups is 1. The Balaban J connectivity index is 1.68. The topological polar surface area (TPSA) is 133 Å². The van der Waals surface area contributed by atoms with Gasteiger partial charge >= 0.3 is 0 Å². The van der Waals surface area contributed by atoms with Crippen molar-refractivity contribution in [2.75, 3.05) is 20.6 Å². The number of aldehydes is 1. The number of amides is 2. The predicted molar refractivity (Wildman–Crippen MR) is 124 cm³/mol. The minimum absolute atomic E-state index is 0.149. The van der Waals surface area contributed by atoms with Crippen molar-refractivity contribution in [3.8, 4) is 0 Å². The van der Waals surface area contributed by atoms with Crippen LogP contribution in [0.15, 0.2) is 12.2 Å². The maximum absolute atomic E-state index is 13.1. The summed E-state index contributed by atoms with van der Waals surface area (Å²) >= 11 is 0. The van der Waals surface area contributed by atoms with E-state index in [0.29, 0.717) is 25.5 Å². The van der Waals surface area contributed by atoms with Crippen molar-refractivity contribution in [1.82, 2.24) is 14.9 Å². The third-order valence-corrected chi connectivity index (χ3v) is 9.45. The van der Waals surface area contributed by atoms with Gasteiger partial charge in [-0.05, 0) is 78.9 Å². The SMILES string of the molecule is CN(C)CCCC/C=C\[C@@H]1C[C@]1(NC(=O)[C@@H]1C[C@@H](O)C[C@H]1C=O)C(=O)NS(=O)(=O)C1(C)CC1. The highest BCUT2D eigenvalue weighted by molar-refractivity contribution is 7.91. The van der Waals surface area contributed by atoms with Crippen LogP contribution in [0.5, 0.6) is 0 Å². The number of hydrogen-bond acceptors (Lipinski definition) is 7. The van der Waals surface area contributed by atoms with Crippen molar-refractivity contribution in [3.05, 3.63) is 12.2 Å². The molecule has 9 nitrogen and oxygen atoms in total. The van der Waals surface area contributed by atoms with Gasteiger partial charge in [0.05, 0.1) is 10.9 Å². The first kappa shape index (κ1) is 25.8. The lowest BCUT2D eigenvalue weighted by atomic mass is 9.96. The molecule has 0 bridgehead atoms. The lowest BCUT2D eigenvalue weighted by Crippen LogP contribution is -2.54. The lowest BCUT2D eigenvalue weighted by molar-refractivity contribution is -0.133. The van der Waals surface area contributed by atoms with E-state index in [2.05, 4.69) is 14.9 Å². The summed E-state index contributed by atoms with van der Waals surface area (Å²) < 4.78 is 26.5. The first-order valence-electron chi connectivity index (χ1n) is 11.8. The van der Waals surface area contributed by atoms with E-state index < -0.39 is 50.1 Å². The molecule has 0 saturated heterocycles. The highest BCUT2D eigenvalue weighted by Gasteiger charge is 2.62. The van der Waals surface area contributed by atoms with E-state index in [-0.39, 0.29) is 18.8 Å². The summed E-state index contributed by atoms with van der Waals surface area (Å²) in [5, 5.41) is 12.6. The van der Waals surface area contributed by atoms with E-state index in [1.165, 1.54) is 0 Å². The van der Waals surface area contributed by atoms with Gasteiger partial charge in [-0.25, -0.2) is 8.42 Å². The number of carbonyl (C=O) groups excluding carboxylic acids is 3. The first-order chi connectivity index (χ1) is 15.4.